The molecule has 1 aromatic rings. The Hall–Kier alpha value is -1.40. The first-order chi connectivity index (χ1) is 8.13. The number of aromatic nitrogens is 2. The van der Waals surface area contributed by atoms with Gasteiger partial charge in [0.15, 0.2) is 0 Å². The van der Waals surface area contributed by atoms with E-state index in [0.717, 1.165) is 0 Å². The molecular weight excluding hydrogens is 246 g/mol. The largest absolute Gasteiger partial charge is 0.447 e. The molecule has 0 aliphatic carbocycles. The van der Waals surface area contributed by atoms with E-state index in [1.807, 2.05) is 6.92 Å². The third kappa shape index (κ3) is 2.32. The summed E-state index contributed by atoms with van der Waals surface area (Å²) >= 11 is 5.70. The highest BCUT2D eigenvalue weighted by Crippen LogP contribution is 2.24. The second-order valence-corrected chi connectivity index (χ2v) is 3.98. The Kier molecular flexibility index (Phi) is 3.44. The quantitative estimate of drug-likeness (QED) is 0.768. The van der Waals surface area contributed by atoms with Crippen LogP contribution in [0.4, 0.5) is 10.6 Å². The van der Waals surface area contributed by atoms with Crippen LogP contribution in [0.3, 0.4) is 0 Å². The molecule has 1 fully saturated rings. The van der Waals surface area contributed by atoms with Crippen LogP contribution in [0.25, 0.3) is 0 Å². The molecule has 6 nitrogen and oxygen atoms in total. The average molecular weight is 258 g/mol. The fraction of sp³-hybridized carbons (Fsp3) is 0.500. The molecule has 1 aliphatic rings. The number of amides is 1. The molecule has 0 spiro atoms. The van der Waals surface area contributed by atoms with Gasteiger partial charge in [-0.1, -0.05) is 0 Å². The number of ether oxygens (including phenoxy) is 2. The summed E-state index contributed by atoms with van der Waals surface area (Å²) in [5.41, 5.74) is 0. The number of rotatable bonds is 3. The minimum atomic E-state index is -0.450. The lowest BCUT2D eigenvalue weighted by Gasteiger charge is -2.24. The van der Waals surface area contributed by atoms with Gasteiger partial charge < -0.3 is 9.47 Å². The number of cyclic esters (lactones) is 1. The number of carbonyl (C=O) groups excluding carboxylic acids is 1. The number of carbonyl (C=O) groups is 1. The van der Waals surface area contributed by atoms with Crippen molar-refractivity contribution in [3.8, 4) is 0 Å². The Morgan fingerprint density at radius 1 is 1.71 bits per heavy atom. The van der Waals surface area contributed by atoms with Crippen molar-refractivity contribution in [2.75, 3.05) is 18.6 Å². The summed E-state index contributed by atoms with van der Waals surface area (Å²) < 4.78 is 10.2. The topological polar surface area (TPSA) is 64.6 Å². The van der Waals surface area contributed by atoms with E-state index in [-0.39, 0.29) is 24.0 Å². The van der Waals surface area contributed by atoms with Crippen LogP contribution in [-0.4, -0.2) is 41.9 Å². The number of methoxy groups -OCH3 is 1. The predicted molar refractivity (Wildman–Crippen MR) is 61.1 cm³/mol. The Morgan fingerprint density at radius 3 is 3.12 bits per heavy atom. The summed E-state index contributed by atoms with van der Waals surface area (Å²) in [5, 5.41) is 0.0889. The lowest BCUT2D eigenvalue weighted by atomic mass is 10.2. The number of halogens is 1. The monoisotopic (exact) mass is 257 g/mol. The molecule has 1 aliphatic heterocycles. The van der Waals surface area contributed by atoms with Gasteiger partial charge in [-0.15, -0.1) is 0 Å². The van der Waals surface area contributed by atoms with E-state index in [1.54, 1.807) is 13.2 Å². The van der Waals surface area contributed by atoms with Crippen molar-refractivity contribution in [1.82, 2.24) is 9.97 Å². The van der Waals surface area contributed by atoms with Crippen molar-refractivity contribution in [3.05, 3.63) is 17.5 Å². The van der Waals surface area contributed by atoms with Gasteiger partial charge in [-0.2, -0.15) is 0 Å². The molecule has 0 N–H and O–H groups in total. The molecule has 92 valence electrons. The highest BCUT2D eigenvalue weighted by Gasteiger charge is 2.38. The Bertz CT molecular complexity index is 429. The first-order valence-electron chi connectivity index (χ1n) is 5.11. The first-order valence-corrected chi connectivity index (χ1v) is 5.48. The van der Waals surface area contributed by atoms with Gasteiger partial charge in [-0.05, 0) is 24.6 Å². The second-order valence-electron chi connectivity index (χ2n) is 3.64. The molecule has 0 aromatic carbocycles. The van der Waals surface area contributed by atoms with Crippen molar-refractivity contribution in [1.29, 1.82) is 0 Å². The van der Waals surface area contributed by atoms with Crippen molar-refractivity contribution in [3.63, 3.8) is 0 Å². The van der Waals surface area contributed by atoms with E-state index in [4.69, 9.17) is 21.1 Å². The Labute approximate surface area is 104 Å². The third-order valence-corrected chi connectivity index (χ3v) is 2.86. The number of anilines is 1. The van der Waals surface area contributed by atoms with Crippen LogP contribution in [-0.2, 0) is 9.47 Å². The van der Waals surface area contributed by atoms with E-state index < -0.39 is 6.09 Å². The molecule has 1 amide bonds. The maximum absolute atomic E-state index is 11.7. The zero-order chi connectivity index (χ0) is 12.4. The molecule has 0 bridgehead atoms. The van der Waals surface area contributed by atoms with Crippen LogP contribution in [0.5, 0.6) is 0 Å². The van der Waals surface area contributed by atoms with Gasteiger partial charge >= 0.3 is 6.09 Å². The molecule has 2 atom stereocenters. The summed E-state index contributed by atoms with van der Waals surface area (Å²) in [5.74, 6) is 0.418. The van der Waals surface area contributed by atoms with Crippen molar-refractivity contribution in [2.45, 2.75) is 19.1 Å². The summed E-state index contributed by atoms with van der Waals surface area (Å²) in [4.78, 5) is 20.9. The summed E-state index contributed by atoms with van der Waals surface area (Å²) in [6, 6.07) is 1.40. The molecular formula is C10H12ClN3O3. The smallest absolute Gasteiger partial charge is 0.416 e. The summed E-state index contributed by atoms with van der Waals surface area (Å²) in [6.45, 7) is 2.14. The van der Waals surface area contributed by atoms with Crippen LogP contribution in [0.15, 0.2) is 12.3 Å². The molecule has 0 saturated carbocycles. The molecule has 1 aromatic heterocycles. The maximum atomic E-state index is 11.7. The zero-order valence-electron chi connectivity index (χ0n) is 9.46. The van der Waals surface area contributed by atoms with Crippen LogP contribution in [0.2, 0.25) is 5.28 Å². The van der Waals surface area contributed by atoms with Gasteiger partial charge in [0.2, 0.25) is 5.28 Å². The summed E-state index contributed by atoms with van der Waals surface area (Å²) in [7, 11) is 1.58. The lowest BCUT2D eigenvalue weighted by Crippen LogP contribution is -2.42. The third-order valence-electron chi connectivity index (χ3n) is 2.68. The van der Waals surface area contributed by atoms with Gasteiger partial charge in [0.05, 0.1) is 6.10 Å². The van der Waals surface area contributed by atoms with Crippen molar-refractivity contribution >= 4 is 23.5 Å². The normalized spacial score (nSPS) is 21.5. The standard InChI is InChI=1S/C10H12ClN3O3/c1-6(16-2)7-5-17-10(15)14(7)8-3-4-12-9(11)13-8/h3-4,6-7H,5H2,1-2H3/t6-,7?/m1/s1. The molecule has 2 heterocycles. The Balaban J connectivity index is 2.30. The number of hydrogen-bond acceptors (Lipinski definition) is 5. The van der Waals surface area contributed by atoms with Gasteiger partial charge in [0.1, 0.15) is 18.5 Å². The van der Waals surface area contributed by atoms with E-state index in [2.05, 4.69) is 9.97 Å². The first kappa shape index (κ1) is 12.1. The van der Waals surface area contributed by atoms with Crippen LogP contribution in [0.1, 0.15) is 6.92 Å². The lowest BCUT2D eigenvalue weighted by molar-refractivity contribution is 0.0881. The van der Waals surface area contributed by atoms with Crippen LogP contribution in [0, 0.1) is 0 Å². The fourth-order valence-electron chi connectivity index (χ4n) is 1.66. The highest BCUT2D eigenvalue weighted by molar-refractivity contribution is 6.28. The van der Waals surface area contributed by atoms with E-state index >= 15 is 0 Å². The van der Waals surface area contributed by atoms with E-state index in [0.29, 0.717) is 5.82 Å². The molecule has 1 saturated heterocycles. The van der Waals surface area contributed by atoms with E-state index in [9.17, 15) is 4.79 Å². The average Bonchev–Trinajstić information content (AvgIpc) is 2.70. The zero-order valence-corrected chi connectivity index (χ0v) is 10.2. The number of hydrogen-bond donors (Lipinski definition) is 0. The maximum Gasteiger partial charge on any atom is 0.416 e. The summed E-state index contributed by atoms with van der Waals surface area (Å²) in [6.07, 6.45) is 0.883. The predicted octanol–water partition coefficient (Wildman–Crippen LogP) is 1.49. The van der Waals surface area contributed by atoms with Gasteiger partial charge in [0.25, 0.3) is 0 Å². The molecule has 1 unspecified atom stereocenters. The molecule has 17 heavy (non-hydrogen) atoms. The van der Waals surface area contributed by atoms with Gasteiger partial charge in [-0.3, -0.25) is 4.90 Å². The SMILES string of the molecule is CO[C@H](C)C1COC(=O)N1c1ccnc(Cl)n1. The molecule has 2 rings (SSSR count). The van der Waals surface area contributed by atoms with Crippen LogP contribution < -0.4 is 4.90 Å². The second kappa shape index (κ2) is 4.85. The molecule has 7 heteroatoms. The van der Waals surface area contributed by atoms with Gasteiger partial charge in [-0.25, -0.2) is 14.8 Å². The Morgan fingerprint density at radius 2 is 2.47 bits per heavy atom. The number of nitrogens with zero attached hydrogens (tertiary/aromatic N) is 3. The molecule has 0 radical (unpaired) electrons. The van der Waals surface area contributed by atoms with Gasteiger partial charge in [0, 0.05) is 13.3 Å². The van der Waals surface area contributed by atoms with Crippen molar-refractivity contribution < 1.29 is 14.3 Å². The van der Waals surface area contributed by atoms with Crippen LogP contribution >= 0.6 is 11.6 Å². The van der Waals surface area contributed by atoms with E-state index in [1.165, 1.54) is 11.1 Å². The minimum absolute atomic E-state index is 0.0889. The van der Waals surface area contributed by atoms with Crippen molar-refractivity contribution in [2.24, 2.45) is 0 Å². The fourth-order valence-corrected chi connectivity index (χ4v) is 1.81. The minimum Gasteiger partial charge on any atom is -0.447 e. The highest BCUT2D eigenvalue weighted by atomic mass is 35.5.